The fourth-order valence-corrected chi connectivity index (χ4v) is 3.51. The highest BCUT2D eigenvalue weighted by Gasteiger charge is 2.66. The van der Waals surface area contributed by atoms with Gasteiger partial charge >= 0.3 is 5.97 Å². The molecule has 1 aliphatic carbocycles. The highest BCUT2D eigenvalue weighted by molar-refractivity contribution is 5.91. The minimum absolute atomic E-state index is 0.220. The zero-order valence-corrected chi connectivity index (χ0v) is 13.7. The molecule has 0 radical (unpaired) electrons. The van der Waals surface area contributed by atoms with Crippen LogP contribution >= 0.6 is 0 Å². The third-order valence-corrected chi connectivity index (χ3v) is 4.94. The van der Waals surface area contributed by atoms with E-state index in [0.29, 0.717) is 0 Å². The van der Waals surface area contributed by atoms with Crippen LogP contribution in [-0.2, 0) is 16.6 Å². The molecule has 3 rings (SSSR count). The van der Waals surface area contributed by atoms with Crippen LogP contribution in [-0.4, -0.2) is 26.5 Å². The summed E-state index contributed by atoms with van der Waals surface area (Å²) < 4.78 is 1.95. The average Bonchev–Trinajstić information content (AvgIpc) is 2.91. The van der Waals surface area contributed by atoms with Crippen LogP contribution in [0.2, 0.25) is 0 Å². The van der Waals surface area contributed by atoms with Gasteiger partial charge in [-0.15, -0.1) is 0 Å². The van der Waals surface area contributed by atoms with Crippen LogP contribution < -0.4 is 5.32 Å². The molecule has 0 bridgehead atoms. The Labute approximate surface area is 134 Å². The van der Waals surface area contributed by atoms with Crippen molar-refractivity contribution in [1.82, 2.24) is 14.9 Å². The molecule has 0 saturated heterocycles. The Kier molecular flexibility index (Phi) is 3.43. The van der Waals surface area contributed by atoms with E-state index < -0.39 is 23.2 Å². The molecule has 1 aliphatic rings. The van der Waals surface area contributed by atoms with E-state index >= 15 is 0 Å². The van der Waals surface area contributed by atoms with Gasteiger partial charge in [0.05, 0.1) is 28.9 Å². The van der Waals surface area contributed by atoms with Gasteiger partial charge in [-0.25, -0.2) is 4.98 Å². The predicted octanol–water partition coefficient (Wildman–Crippen LogP) is 2.11. The van der Waals surface area contributed by atoms with Crippen LogP contribution in [0.3, 0.4) is 0 Å². The topological polar surface area (TPSA) is 84.2 Å². The van der Waals surface area contributed by atoms with E-state index in [1.54, 1.807) is 0 Å². The minimum atomic E-state index is -0.912. The van der Waals surface area contributed by atoms with Crippen LogP contribution in [0.25, 0.3) is 11.0 Å². The molecular weight excluding hydrogens is 294 g/mol. The lowest BCUT2D eigenvalue weighted by molar-refractivity contribution is -0.140. The molecule has 0 aliphatic heterocycles. The highest BCUT2D eigenvalue weighted by atomic mass is 16.4. The summed E-state index contributed by atoms with van der Waals surface area (Å²) in [6.45, 7) is 5.50. The van der Waals surface area contributed by atoms with Crippen LogP contribution in [0, 0.1) is 17.3 Å². The number of hydrogen-bond donors (Lipinski definition) is 2. The molecule has 1 aromatic carbocycles. The Bertz CT molecular complexity index is 793. The normalized spacial score (nSPS) is 23.5. The predicted molar refractivity (Wildman–Crippen MR) is 85.7 cm³/mol. The summed E-state index contributed by atoms with van der Waals surface area (Å²) >= 11 is 0. The van der Waals surface area contributed by atoms with Crippen molar-refractivity contribution in [2.45, 2.75) is 26.8 Å². The van der Waals surface area contributed by atoms with Gasteiger partial charge in [-0.1, -0.05) is 26.0 Å². The number of carboxylic acids is 1. The Balaban J connectivity index is 1.79. The quantitative estimate of drug-likeness (QED) is 0.905. The van der Waals surface area contributed by atoms with Crippen molar-refractivity contribution < 1.29 is 14.7 Å². The Morgan fingerprint density at radius 3 is 2.52 bits per heavy atom. The van der Waals surface area contributed by atoms with Crippen molar-refractivity contribution in [3.63, 3.8) is 0 Å². The number of fused-ring (bicyclic) bond motifs is 1. The van der Waals surface area contributed by atoms with Gasteiger partial charge in [0.2, 0.25) is 5.91 Å². The Morgan fingerprint density at radius 2 is 1.96 bits per heavy atom. The van der Waals surface area contributed by atoms with E-state index in [9.17, 15) is 14.7 Å². The lowest BCUT2D eigenvalue weighted by Crippen LogP contribution is -2.31. The number of nitrogens with zero attached hydrogens (tertiary/aromatic N) is 2. The number of hydrogen-bond acceptors (Lipinski definition) is 3. The average molecular weight is 315 g/mol. The van der Waals surface area contributed by atoms with Crippen LogP contribution in [0.4, 0.5) is 0 Å². The largest absolute Gasteiger partial charge is 0.481 e. The monoisotopic (exact) mass is 315 g/mol. The fraction of sp³-hybridized carbons (Fsp3) is 0.471. The van der Waals surface area contributed by atoms with Crippen LogP contribution in [0.5, 0.6) is 0 Å². The smallest absolute Gasteiger partial charge is 0.307 e. The maximum absolute atomic E-state index is 12.4. The van der Waals surface area contributed by atoms with Gasteiger partial charge in [0.25, 0.3) is 0 Å². The third-order valence-electron chi connectivity index (χ3n) is 4.94. The number of benzene rings is 1. The van der Waals surface area contributed by atoms with Crippen LogP contribution in [0.1, 0.15) is 32.6 Å². The summed E-state index contributed by atoms with van der Waals surface area (Å²) in [5.74, 6) is -1.48. The first-order chi connectivity index (χ1) is 10.7. The molecule has 2 aromatic rings. The second-order valence-electron chi connectivity index (χ2n) is 6.86. The van der Waals surface area contributed by atoms with E-state index in [4.69, 9.17) is 0 Å². The number of amides is 1. The summed E-state index contributed by atoms with van der Waals surface area (Å²) in [5, 5.41) is 12.1. The molecule has 1 unspecified atom stereocenters. The lowest BCUT2D eigenvalue weighted by Gasteiger charge is -2.14. The van der Waals surface area contributed by atoms with Gasteiger partial charge in [0, 0.05) is 7.05 Å². The second kappa shape index (κ2) is 5.08. The molecule has 1 amide bonds. The summed E-state index contributed by atoms with van der Waals surface area (Å²) in [6, 6.07) is 7.49. The molecule has 2 N–H and O–H groups in total. The molecule has 1 aromatic heterocycles. The number of para-hydroxylation sites is 2. The number of nitrogens with one attached hydrogen (secondary N) is 1. The van der Waals surface area contributed by atoms with Crippen molar-refractivity contribution in [2.75, 3.05) is 0 Å². The summed E-state index contributed by atoms with van der Waals surface area (Å²) in [7, 11) is 1.91. The first-order valence-corrected chi connectivity index (χ1v) is 7.69. The number of aryl methyl sites for hydroxylation is 1. The lowest BCUT2D eigenvalue weighted by atomic mass is 10.1. The zero-order valence-electron chi connectivity index (χ0n) is 13.7. The molecular formula is C17H21N3O3. The fourth-order valence-electron chi connectivity index (χ4n) is 3.51. The molecule has 1 saturated carbocycles. The van der Waals surface area contributed by atoms with Gasteiger partial charge in [0.15, 0.2) is 0 Å². The Morgan fingerprint density at radius 1 is 1.30 bits per heavy atom. The van der Waals surface area contributed by atoms with Gasteiger partial charge in [-0.2, -0.15) is 0 Å². The Hall–Kier alpha value is -2.37. The SMILES string of the molecule is CC(NC(=O)[C@@H]1[C@H](C(=O)O)C1(C)C)c1nc2ccccc2n1C. The first-order valence-electron chi connectivity index (χ1n) is 7.69. The standard InChI is InChI=1S/C17H21N3O3/c1-9(14-19-10-7-5-6-8-11(10)20(14)4)18-15(21)12-13(16(22)23)17(12,2)3/h5-9,12-13H,1-4H3,(H,18,21)(H,22,23)/t9?,12-,13+/m0/s1. The maximum Gasteiger partial charge on any atom is 0.307 e. The molecule has 1 heterocycles. The molecule has 6 heteroatoms. The molecule has 23 heavy (non-hydrogen) atoms. The number of carbonyl (C=O) groups excluding carboxylic acids is 1. The summed E-state index contributed by atoms with van der Waals surface area (Å²) in [6.07, 6.45) is 0. The number of rotatable bonds is 4. The van der Waals surface area contributed by atoms with Gasteiger partial charge in [-0.3, -0.25) is 9.59 Å². The maximum atomic E-state index is 12.4. The zero-order chi connectivity index (χ0) is 16.9. The van der Waals surface area contributed by atoms with Crippen molar-refractivity contribution in [3.8, 4) is 0 Å². The van der Waals surface area contributed by atoms with E-state index in [2.05, 4.69) is 10.3 Å². The van der Waals surface area contributed by atoms with Crippen molar-refractivity contribution in [2.24, 2.45) is 24.3 Å². The summed E-state index contributed by atoms with van der Waals surface area (Å²) in [5.41, 5.74) is 1.38. The van der Waals surface area contributed by atoms with E-state index in [-0.39, 0.29) is 11.9 Å². The van der Waals surface area contributed by atoms with Gasteiger partial charge in [-0.05, 0) is 24.5 Å². The van der Waals surface area contributed by atoms with Crippen molar-refractivity contribution in [3.05, 3.63) is 30.1 Å². The molecule has 6 nitrogen and oxygen atoms in total. The van der Waals surface area contributed by atoms with E-state index in [1.807, 2.05) is 56.7 Å². The molecule has 1 fully saturated rings. The minimum Gasteiger partial charge on any atom is -0.481 e. The van der Waals surface area contributed by atoms with Gasteiger partial charge in [0.1, 0.15) is 5.82 Å². The van der Waals surface area contributed by atoms with Crippen LogP contribution in [0.15, 0.2) is 24.3 Å². The molecule has 3 atom stereocenters. The number of imidazole rings is 1. The van der Waals surface area contributed by atoms with Crippen molar-refractivity contribution in [1.29, 1.82) is 0 Å². The number of aromatic nitrogens is 2. The van der Waals surface area contributed by atoms with E-state index in [1.165, 1.54) is 0 Å². The number of carbonyl (C=O) groups is 2. The van der Waals surface area contributed by atoms with E-state index in [0.717, 1.165) is 16.9 Å². The summed E-state index contributed by atoms with van der Waals surface area (Å²) in [4.78, 5) is 28.2. The molecule has 122 valence electrons. The highest BCUT2D eigenvalue weighted by Crippen LogP contribution is 2.58. The third kappa shape index (κ3) is 2.38. The second-order valence-corrected chi connectivity index (χ2v) is 6.86. The number of aliphatic carboxylic acids is 1. The number of carboxylic acid groups (broad SMARTS) is 1. The first kappa shape index (κ1) is 15.5. The van der Waals surface area contributed by atoms with Crippen molar-refractivity contribution >= 4 is 22.9 Å². The van der Waals surface area contributed by atoms with Gasteiger partial charge < -0.3 is 15.0 Å². The molecule has 0 spiro atoms.